The molecule has 13 heavy (non-hydrogen) atoms. The van der Waals surface area contributed by atoms with Gasteiger partial charge >= 0.3 is 0 Å². The van der Waals surface area contributed by atoms with Gasteiger partial charge < -0.3 is 34.4 Å². The van der Waals surface area contributed by atoms with Crippen molar-refractivity contribution in [1.29, 1.82) is 0 Å². The second-order valence-corrected chi connectivity index (χ2v) is 3.28. The van der Waals surface area contributed by atoms with E-state index in [1.165, 1.54) is 0 Å². The van der Waals surface area contributed by atoms with Crippen LogP contribution >= 0.6 is 0 Å². The molecule has 80 valence electrons. The lowest BCUT2D eigenvalue weighted by Gasteiger charge is -2.32. The third-order valence-corrected chi connectivity index (χ3v) is 2.30. The van der Waals surface area contributed by atoms with Crippen LogP contribution in [0.15, 0.2) is 0 Å². The van der Waals surface area contributed by atoms with E-state index < -0.39 is 0 Å². The van der Waals surface area contributed by atoms with E-state index in [4.69, 9.17) is 34.4 Å². The molecule has 0 rings (SSSR count). The Bertz CT molecular complexity index is 106. The van der Waals surface area contributed by atoms with Crippen molar-refractivity contribution in [2.75, 3.05) is 19.6 Å². The van der Waals surface area contributed by atoms with Gasteiger partial charge in [-0.15, -0.1) is 0 Å². The van der Waals surface area contributed by atoms with Crippen LogP contribution in [-0.4, -0.2) is 37.8 Å². The van der Waals surface area contributed by atoms with E-state index in [1.807, 2.05) is 0 Å². The summed E-state index contributed by atoms with van der Waals surface area (Å²) in [5.41, 5.74) is 33.6. The zero-order chi connectivity index (χ0) is 10.4. The molecule has 0 amide bonds. The summed E-state index contributed by atoms with van der Waals surface area (Å²) in [4.78, 5) is 0. The summed E-state index contributed by atoms with van der Waals surface area (Å²) < 4.78 is 0. The van der Waals surface area contributed by atoms with Crippen molar-refractivity contribution >= 4 is 0 Å². The molecule has 0 bridgehead atoms. The van der Waals surface area contributed by atoms with Gasteiger partial charge in [0.05, 0.1) is 0 Å². The van der Waals surface area contributed by atoms with Crippen LogP contribution in [0.4, 0.5) is 0 Å². The van der Waals surface area contributed by atoms with Crippen molar-refractivity contribution in [3.05, 3.63) is 0 Å². The molecule has 6 heteroatoms. The van der Waals surface area contributed by atoms with Crippen LogP contribution in [0.2, 0.25) is 0 Å². The maximum Gasteiger partial charge on any atom is 0.0222 e. The SMILES string of the molecule is NCC(N)C(C(N)CN)C(N)CN. The first kappa shape index (κ1) is 12.8. The molecule has 3 unspecified atom stereocenters. The summed E-state index contributed by atoms with van der Waals surface area (Å²) in [5, 5.41) is 0. The summed E-state index contributed by atoms with van der Waals surface area (Å²) in [5.74, 6) is -0.111. The smallest absolute Gasteiger partial charge is 0.0222 e. The molecule has 0 aromatic carbocycles. The molecule has 0 aromatic heterocycles. The Kier molecular flexibility index (Phi) is 6.13. The fourth-order valence-corrected chi connectivity index (χ4v) is 1.42. The minimum atomic E-state index is -0.239. The zero-order valence-corrected chi connectivity index (χ0v) is 7.89. The average molecular weight is 190 g/mol. The number of hydrogen-bond donors (Lipinski definition) is 6. The van der Waals surface area contributed by atoms with Gasteiger partial charge in [-0.2, -0.15) is 0 Å². The van der Waals surface area contributed by atoms with Crippen molar-refractivity contribution in [2.45, 2.75) is 18.1 Å². The molecule has 0 spiro atoms. The maximum atomic E-state index is 5.77. The highest BCUT2D eigenvalue weighted by Gasteiger charge is 2.27. The van der Waals surface area contributed by atoms with Crippen LogP contribution < -0.4 is 34.4 Å². The highest BCUT2D eigenvalue weighted by Crippen LogP contribution is 2.08. The predicted octanol–water partition coefficient (Wildman–Crippen LogP) is -3.54. The normalized spacial score (nSPS) is 20.8. The summed E-state index contributed by atoms with van der Waals surface area (Å²) in [6.07, 6.45) is 0. The molecule has 0 aliphatic rings. The molecule has 0 aliphatic carbocycles. The van der Waals surface area contributed by atoms with Crippen LogP contribution in [-0.2, 0) is 0 Å². The van der Waals surface area contributed by atoms with Gasteiger partial charge in [0.25, 0.3) is 0 Å². The van der Waals surface area contributed by atoms with Crippen LogP contribution in [0.1, 0.15) is 0 Å². The molecule has 0 radical (unpaired) electrons. The summed E-state index contributed by atoms with van der Waals surface area (Å²) in [6.45, 7) is 1.02. The van der Waals surface area contributed by atoms with Crippen molar-refractivity contribution in [2.24, 2.45) is 40.3 Å². The number of nitrogens with two attached hydrogens (primary N) is 6. The van der Waals surface area contributed by atoms with E-state index in [2.05, 4.69) is 0 Å². The van der Waals surface area contributed by atoms with Crippen LogP contribution in [0.3, 0.4) is 0 Å². The first-order valence-electron chi connectivity index (χ1n) is 4.45. The van der Waals surface area contributed by atoms with Crippen LogP contribution in [0.25, 0.3) is 0 Å². The van der Waals surface area contributed by atoms with Gasteiger partial charge in [-0.25, -0.2) is 0 Å². The second-order valence-electron chi connectivity index (χ2n) is 3.28. The molecular formula is C7H22N6. The fraction of sp³-hybridized carbons (Fsp3) is 1.00. The van der Waals surface area contributed by atoms with Gasteiger partial charge in [-0.1, -0.05) is 0 Å². The number of rotatable bonds is 6. The minimum Gasteiger partial charge on any atom is -0.329 e. The minimum absolute atomic E-state index is 0.111. The van der Waals surface area contributed by atoms with E-state index in [0.29, 0.717) is 19.6 Å². The highest BCUT2D eigenvalue weighted by atomic mass is 14.9. The Labute approximate surface area is 79.0 Å². The van der Waals surface area contributed by atoms with Crippen molar-refractivity contribution in [3.8, 4) is 0 Å². The van der Waals surface area contributed by atoms with E-state index >= 15 is 0 Å². The van der Waals surface area contributed by atoms with Gasteiger partial charge in [0, 0.05) is 43.7 Å². The quantitative estimate of drug-likeness (QED) is 0.255. The molecule has 0 aromatic rings. The molecular weight excluding hydrogens is 168 g/mol. The summed E-state index contributed by atoms with van der Waals surface area (Å²) in [7, 11) is 0. The third-order valence-electron chi connectivity index (χ3n) is 2.30. The van der Waals surface area contributed by atoms with E-state index in [9.17, 15) is 0 Å². The fourth-order valence-electron chi connectivity index (χ4n) is 1.42. The molecule has 3 atom stereocenters. The second kappa shape index (κ2) is 6.25. The number of hydrogen-bond acceptors (Lipinski definition) is 6. The molecule has 12 N–H and O–H groups in total. The Morgan fingerprint density at radius 3 is 1.00 bits per heavy atom. The van der Waals surface area contributed by atoms with E-state index in [0.717, 1.165) is 0 Å². The maximum absolute atomic E-state index is 5.77. The molecule has 0 saturated carbocycles. The topological polar surface area (TPSA) is 156 Å². The Morgan fingerprint density at radius 2 is 0.846 bits per heavy atom. The van der Waals surface area contributed by atoms with Crippen LogP contribution in [0.5, 0.6) is 0 Å². The lowest BCUT2D eigenvalue weighted by molar-refractivity contribution is 0.301. The lowest BCUT2D eigenvalue weighted by Crippen LogP contribution is -2.58. The monoisotopic (exact) mass is 190 g/mol. The third kappa shape index (κ3) is 3.55. The van der Waals surface area contributed by atoms with Crippen LogP contribution in [0, 0.1) is 5.92 Å². The lowest BCUT2D eigenvalue weighted by atomic mass is 9.86. The highest BCUT2D eigenvalue weighted by molar-refractivity contribution is 4.90. The predicted molar refractivity (Wildman–Crippen MR) is 54.6 cm³/mol. The van der Waals surface area contributed by atoms with Crippen molar-refractivity contribution in [3.63, 3.8) is 0 Å². The zero-order valence-electron chi connectivity index (χ0n) is 7.89. The molecule has 0 aliphatic heterocycles. The van der Waals surface area contributed by atoms with Gasteiger partial charge in [0.2, 0.25) is 0 Å². The van der Waals surface area contributed by atoms with Gasteiger partial charge in [0.1, 0.15) is 0 Å². The Hall–Kier alpha value is -0.240. The standard InChI is InChI=1S/C7H22N6/c8-1-4(11)7(5(12)2-9)6(13)3-10/h4-7H,1-3,8-13H2. The van der Waals surface area contributed by atoms with Crippen molar-refractivity contribution < 1.29 is 0 Å². The summed E-state index contributed by atoms with van der Waals surface area (Å²) >= 11 is 0. The first-order valence-corrected chi connectivity index (χ1v) is 4.45. The molecule has 0 fully saturated rings. The Balaban J connectivity index is 4.34. The molecule has 0 saturated heterocycles. The van der Waals surface area contributed by atoms with E-state index in [-0.39, 0.29) is 24.0 Å². The van der Waals surface area contributed by atoms with Gasteiger partial charge in [0.15, 0.2) is 0 Å². The average Bonchev–Trinajstić information content (AvgIpc) is 2.16. The van der Waals surface area contributed by atoms with Gasteiger partial charge in [-0.05, 0) is 0 Å². The first-order chi connectivity index (χ1) is 6.08. The van der Waals surface area contributed by atoms with Crippen molar-refractivity contribution in [1.82, 2.24) is 0 Å². The van der Waals surface area contributed by atoms with Gasteiger partial charge in [-0.3, -0.25) is 0 Å². The Morgan fingerprint density at radius 1 is 0.615 bits per heavy atom. The molecule has 6 nitrogen and oxygen atoms in total. The van der Waals surface area contributed by atoms with E-state index in [1.54, 1.807) is 0 Å². The largest absolute Gasteiger partial charge is 0.329 e. The molecule has 0 heterocycles. The summed E-state index contributed by atoms with van der Waals surface area (Å²) in [6, 6.07) is -0.716.